The molecule has 18 heavy (non-hydrogen) atoms. The van der Waals surface area contributed by atoms with Crippen molar-refractivity contribution in [2.45, 2.75) is 69.4 Å². The van der Waals surface area contributed by atoms with Gasteiger partial charge >= 0.3 is 0 Å². The van der Waals surface area contributed by atoms with E-state index in [1.807, 2.05) is 0 Å². The Balaban J connectivity index is 2.15. The number of nitrogens with zero attached hydrogens (tertiary/aromatic N) is 2. The molecular formula is C15H22N2S. The predicted octanol–water partition coefficient (Wildman–Crippen LogP) is 4.25. The first-order valence-electron chi connectivity index (χ1n) is 7.05. The topological polar surface area (TPSA) is 25.8 Å². The molecule has 1 aromatic heterocycles. The standard InChI is InChI=1S/C15H22N2S/c1-5-18-14-16-12-10-7-6-9(8-10)11(12)13(17-14)15(2,3)4/h9-10H,5-8H2,1-4H3. The summed E-state index contributed by atoms with van der Waals surface area (Å²) < 4.78 is 0. The van der Waals surface area contributed by atoms with Gasteiger partial charge in [-0.15, -0.1) is 0 Å². The molecule has 2 bridgehead atoms. The molecule has 2 unspecified atom stereocenters. The fourth-order valence-electron chi connectivity index (χ4n) is 3.44. The lowest BCUT2D eigenvalue weighted by Crippen LogP contribution is -2.20. The number of hydrogen-bond acceptors (Lipinski definition) is 3. The molecule has 0 aromatic carbocycles. The second-order valence-electron chi connectivity index (χ2n) is 6.54. The summed E-state index contributed by atoms with van der Waals surface area (Å²) in [6.45, 7) is 9.01. The highest BCUT2D eigenvalue weighted by Gasteiger charge is 2.42. The zero-order valence-electron chi connectivity index (χ0n) is 11.8. The number of thioether (sulfide) groups is 1. The number of fused-ring (bicyclic) bond motifs is 5. The van der Waals surface area contributed by atoms with E-state index in [2.05, 4.69) is 27.7 Å². The van der Waals surface area contributed by atoms with E-state index in [9.17, 15) is 0 Å². The highest BCUT2D eigenvalue weighted by Crippen LogP contribution is 2.54. The summed E-state index contributed by atoms with van der Waals surface area (Å²) in [5.41, 5.74) is 4.36. The van der Waals surface area contributed by atoms with Crippen LogP contribution in [0.5, 0.6) is 0 Å². The van der Waals surface area contributed by atoms with Crippen molar-refractivity contribution in [3.05, 3.63) is 17.0 Å². The normalized spacial score (nSPS) is 25.6. The van der Waals surface area contributed by atoms with Crippen molar-refractivity contribution in [3.8, 4) is 0 Å². The maximum absolute atomic E-state index is 4.88. The SMILES string of the molecule is CCSc1nc2c(c(C(C)(C)C)n1)C1CCC2C1. The van der Waals surface area contributed by atoms with Crippen LogP contribution in [0.25, 0.3) is 0 Å². The molecule has 1 saturated carbocycles. The zero-order chi connectivity index (χ0) is 12.9. The van der Waals surface area contributed by atoms with Gasteiger partial charge in [0, 0.05) is 11.3 Å². The molecule has 2 aliphatic carbocycles. The second-order valence-corrected chi connectivity index (χ2v) is 7.77. The van der Waals surface area contributed by atoms with E-state index in [4.69, 9.17) is 9.97 Å². The molecule has 0 saturated heterocycles. The Morgan fingerprint density at radius 1 is 1.17 bits per heavy atom. The summed E-state index contributed by atoms with van der Waals surface area (Å²) >= 11 is 1.78. The van der Waals surface area contributed by atoms with E-state index in [0.29, 0.717) is 0 Å². The zero-order valence-corrected chi connectivity index (χ0v) is 12.6. The Labute approximate surface area is 114 Å². The molecule has 0 aliphatic heterocycles. The van der Waals surface area contributed by atoms with Crippen molar-refractivity contribution in [1.29, 1.82) is 0 Å². The van der Waals surface area contributed by atoms with Crippen LogP contribution in [-0.4, -0.2) is 15.7 Å². The molecule has 3 rings (SSSR count). The van der Waals surface area contributed by atoms with Gasteiger partial charge < -0.3 is 0 Å². The van der Waals surface area contributed by atoms with Gasteiger partial charge in [0.15, 0.2) is 5.16 Å². The average molecular weight is 262 g/mol. The van der Waals surface area contributed by atoms with Gasteiger partial charge in [0.2, 0.25) is 0 Å². The van der Waals surface area contributed by atoms with E-state index in [1.54, 1.807) is 11.8 Å². The molecular weight excluding hydrogens is 240 g/mol. The van der Waals surface area contributed by atoms with Gasteiger partial charge in [0.05, 0.1) is 11.4 Å². The molecule has 2 aliphatic rings. The van der Waals surface area contributed by atoms with Crippen LogP contribution in [0.2, 0.25) is 0 Å². The first kappa shape index (κ1) is 12.5. The Hall–Kier alpha value is -0.570. The van der Waals surface area contributed by atoms with Gasteiger partial charge in [-0.25, -0.2) is 9.97 Å². The fraction of sp³-hybridized carbons (Fsp3) is 0.733. The molecule has 0 N–H and O–H groups in total. The molecule has 1 heterocycles. The van der Waals surface area contributed by atoms with Gasteiger partial charge in [-0.05, 0) is 36.5 Å². The molecule has 1 aromatic rings. The fourth-order valence-corrected chi connectivity index (χ4v) is 4.01. The van der Waals surface area contributed by atoms with Crippen LogP contribution in [0, 0.1) is 0 Å². The number of rotatable bonds is 2. The number of aromatic nitrogens is 2. The summed E-state index contributed by atoms with van der Waals surface area (Å²) in [4.78, 5) is 9.73. The van der Waals surface area contributed by atoms with Gasteiger partial charge in [0.1, 0.15) is 0 Å². The summed E-state index contributed by atoms with van der Waals surface area (Å²) in [7, 11) is 0. The van der Waals surface area contributed by atoms with Gasteiger partial charge in [-0.1, -0.05) is 39.5 Å². The second kappa shape index (κ2) is 4.22. The van der Waals surface area contributed by atoms with Gasteiger partial charge in [0.25, 0.3) is 0 Å². The minimum absolute atomic E-state index is 0.139. The van der Waals surface area contributed by atoms with Crippen molar-refractivity contribution in [1.82, 2.24) is 9.97 Å². The van der Waals surface area contributed by atoms with Crippen molar-refractivity contribution < 1.29 is 0 Å². The van der Waals surface area contributed by atoms with Crippen LogP contribution in [-0.2, 0) is 5.41 Å². The summed E-state index contributed by atoms with van der Waals surface area (Å²) in [5.74, 6) is 2.53. The lowest BCUT2D eigenvalue weighted by atomic mass is 9.83. The van der Waals surface area contributed by atoms with Gasteiger partial charge in [-0.3, -0.25) is 0 Å². The van der Waals surface area contributed by atoms with Crippen molar-refractivity contribution >= 4 is 11.8 Å². The smallest absolute Gasteiger partial charge is 0.188 e. The molecule has 2 atom stereocenters. The lowest BCUT2D eigenvalue weighted by molar-refractivity contribution is 0.533. The van der Waals surface area contributed by atoms with E-state index < -0.39 is 0 Å². The largest absolute Gasteiger partial charge is 0.227 e. The molecule has 98 valence electrons. The minimum Gasteiger partial charge on any atom is -0.227 e. The van der Waals surface area contributed by atoms with E-state index in [0.717, 1.165) is 22.7 Å². The quantitative estimate of drug-likeness (QED) is 0.588. The van der Waals surface area contributed by atoms with E-state index in [1.165, 1.54) is 36.2 Å². The molecule has 0 radical (unpaired) electrons. The Morgan fingerprint density at radius 2 is 1.89 bits per heavy atom. The highest BCUT2D eigenvalue weighted by atomic mass is 32.2. The highest BCUT2D eigenvalue weighted by molar-refractivity contribution is 7.99. The Kier molecular flexibility index (Phi) is 2.92. The molecule has 3 heteroatoms. The van der Waals surface area contributed by atoms with E-state index in [-0.39, 0.29) is 5.41 Å². The minimum atomic E-state index is 0.139. The van der Waals surface area contributed by atoms with Crippen molar-refractivity contribution in [2.75, 3.05) is 5.75 Å². The Morgan fingerprint density at radius 3 is 2.56 bits per heavy atom. The maximum Gasteiger partial charge on any atom is 0.188 e. The summed E-state index contributed by atoms with van der Waals surface area (Å²) in [6.07, 6.45) is 4.02. The van der Waals surface area contributed by atoms with Crippen LogP contribution in [0.1, 0.15) is 75.7 Å². The predicted molar refractivity (Wildman–Crippen MR) is 76.5 cm³/mol. The number of hydrogen-bond donors (Lipinski definition) is 0. The third-order valence-corrected chi connectivity index (χ3v) is 4.90. The third-order valence-electron chi connectivity index (χ3n) is 4.17. The summed E-state index contributed by atoms with van der Waals surface area (Å²) in [5, 5.41) is 0.994. The van der Waals surface area contributed by atoms with Crippen molar-refractivity contribution in [2.24, 2.45) is 0 Å². The third kappa shape index (κ3) is 1.87. The summed E-state index contributed by atoms with van der Waals surface area (Å²) in [6, 6.07) is 0. The lowest BCUT2D eigenvalue weighted by Gasteiger charge is -2.26. The monoisotopic (exact) mass is 262 g/mol. The average Bonchev–Trinajstić information content (AvgIpc) is 2.88. The van der Waals surface area contributed by atoms with E-state index >= 15 is 0 Å². The van der Waals surface area contributed by atoms with Crippen LogP contribution in [0.15, 0.2) is 5.16 Å². The van der Waals surface area contributed by atoms with Crippen LogP contribution in [0.3, 0.4) is 0 Å². The molecule has 1 fully saturated rings. The maximum atomic E-state index is 4.88. The first-order chi connectivity index (χ1) is 8.50. The van der Waals surface area contributed by atoms with Gasteiger partial charge in [-0.2, -0.15) is 0 Å². The molecule has 0 amide bonds. The first-order valence-corrected chi connectivity index (χ1v) is 8.04. The molecule has 0 spiro atoms. The van der Waals surface area contributed by atoms with Crippen LogP contribution >= 0.6 is 11.8 Å². The molecule has 2 nitrogen and oxygen atoms in total. The van der Waals surface area contributed by atoms with Crippen LogP contribution in [0.4, 0.5) is 0 Å². The van der Waals surface area contributed by atoms with Crippen LogP contribution < -0.4 is 0 Å². The Bertz CT molecular complexity index is 476. The van der Waals surface area contributed by atoms with Crippen molar-refractivity contribution in [3.63, 3.8) is 0 Å².